The zero-order chi connectivity index (χ0) is 17.3. The summed E-state index contributed by atoms with van der Waals surface area (Å²) in [6.07, 6.45) is -4.67. The highest BCUT2D eigenvalue weighted by atomic mass is 19.4. The molecular weight excluding hydrogens is 323 g/mol. The Morgan fingerprint density at radius 3 is 2.71 bits per heavy atom. The molecule has 0 bridgehead atoms. The normalized spacial score (nSPS) is 20.2. The summed E-state index contributed by atoms with van der Waals surface area (Å²) in [4.78, 5) is 11.8. The van der Waals surface area contributed by atoms with Gasteiger partial charge in [-0.3, -0.25) is 0 Å². The predicted molar refractivity (Wildman–Crippen MR) is 80.7 cm³/mol. The molecule has 5 nitrogen and oxygen atoms in total. The van der Waals surface area contributed by atoms with E-state index in [0.717, 1.165) is 10.2 Å². The molecule has 1 N–H and O–H groups in total. The van der Waals surface area contributed by atoms with E-state index < -0.39 is 24.2 Å². The third kappa shape index (κ3) is 3.08. The van der Waals surface area contributed by atoms with Gasteiger partial charge < -0.3 is 10.1 Å². The summed E-state index contributed by atoms with van der Waals surface area (Å²) in [5.74, 6) is -0.584. The number of hydrogen-bond acceptors (Lipinski definition) is 4. The Balaban J connectivity index is 1.98. The van der Waals surface area contributed by atoms with E-state index in [2.05, 4.69) is 10.4 Å². The number of nitrogens with zero attached hydrogens (tertiary/aromatic N) is 2. The lowest BCUT2D eigenvalue weighted by atomic mass is 9.97. The molecule has 1 aromatic carbocycles. The minimum Gasteiger partial charge on any atom is -0.461 e. The quantitative estimate of drug-likeness (QED) is 0.866. The molecule has 0 fully saturated rings. The van der Waals surface area contributed by atoms with Crippen LogP contribution in [0.1, 0.15) is 41.5 Å². The van der Waals surface area contributed by atoms with Crippen molar-refractivity contribution in [1.29, 1.82) is 0 Å². The Morgan fingerprint density at radius 1 is 1.38 bits per heavy atom. The number of benzene rings is 1. The van der Waals surface area contributed by atoms with Crippen molar-refractivity contribution in [2.24, 2.45) is 0 Å². The number of carbonyl (C=O) groups is 1. The van der Waals surface area contributed by atoms with Gasteiger partial charge in [-0.15, -0.1) is 0 Å². The van der Waals surface area contributed by atoms with Gasteiger partial charge >= 0.3 is 12.1 Å². The van der Waals surface area contributed by atoms with Gasteiger partial charge in [0.2, 0.25) is 0 Å². The second-order valence-corrected chi connectivity index (χ2v) is 5.48. The molecule has 1 aliphatic heterocycles. The average Bonchev–Trinajstić information content (AvgIpc) is 2.98. The van der Waals surface area contributed by atoms with Gasteiger partial charge in [-0.05, 0) is 12.5 Å². The summed E-state index contributed by atoms with van der Waals surface area (Å²) >= 11 is 0. The number of anilines is 1. The molecule has 0 aliphatic carbocycles. The van der Waals surface area contributed by atoms with E-state index in [4.69, 9.17) is 4.74 Å². The van der Waals surface area contributed by atoms with Crippen molar-refractivity contribution >= 4 is 11.8 Å². The molecule has 0 saturated carbocycles. The monoisotopic (exact) mass is 339 g/mol. The Labute approximate surface area is 136 Å². The van der Waals surface area contributed by atoms with Gasteiger partial charge in [0.25, 0.3) is 0 Å². The van der Waals surface area contributed by atoms with Crippen LogP contribution < -0.4 is 5.32 Å². The van der Waals surface area contributed by atoms with Crippen molar-refractivity contribution in [3.8, 4) is 0 Å². The minimum atomic E-state index is -4.47. The fraction of sp³-hybridized carbons (Fsp3) is 0.375. The Bertz CT molecular complexity index is 728. The smallest absolute Gasteiger partial charge is 0.410 e. The maximum Gasteiger partial charge on any atom is 0.410 e. The molecule has 2 heterocycles. The summed E-state index contributed by atoms with van der Waals surface area (Å²) in [5.41, 5.74) is 0.610. The van der Waals surface area contributed by atoms with Gasteiger partial charge in [-0.1, -0.05) is 30.3 Å². The fourth-order valence-electron chi connectivity index (χ4n) is 2.78. The number of fused-ring (bicyclic) bond motifs is 1. The van der Waals surface area contributed by atoms with Gasteiger partial charge in [-0.2, -0.15) is 18.3 Å². The summed E-state index contributed by atoms with van der Waals surface area (Å²) in [5, 5.41) is 6.83. The number of alkyl halides is 3. The van der Waals surface area contributed by atoms with E-state index in [1.54, 1.807) is 37.3 Å². The molecule has 128 valence electrons. The molecule has 24 heavy (non-hydrogen) atoms. The van der Waals surface area contributed by atoms with Gasteiger partial charge in [0.05, 0.1) is 12.6 Å². The first-order chi connectivity index (χ1) is 11.4. The highest BCUT2D eigenvalue weighted by Gasteiger charge is 2.46. The van der Waals surface area contributed by atoms with Gasteiger partial charge in [-0.25, -0.2) is 9.48 Å². The molecular formula is C16H16F3N3O2. The van der Waals surface area contributed by atoms with Crippen LogP contribution in [-0.4, -0.2) is 28.5 Å². The number of rotatable bonds is 3. The SMILES string of the molecule is CCOC(=O)c1cc2n(n1)[C@@H](C(F)(F)F)C[C@H](c1ccccc1)N2. The number of carbonyl (C=O) groups excluding carboxylic acids is 1. The number of aromatic nitrogens is 2. The van der Waals surface area contributed by atoms with E-state index in [1.807, 2.05) is 0 Å². The molecule has 0 unspecified atom stereocenters. The third-order valence-corrected chi connectivity index (χ3v) is 3.88. The van der Waals surface area contributed by atoms with E-state index >= 15 is 0 Å². The number of hydrogen-bond donors (Lipinski definition) is 1. The van der Waals surface area contributed by atoms with Crippen LogP contribution in [0.2, 0.25) is 0 Å². The van der Waals surface area contributed by atoms with Gasteiger partial charge in [0.15, 0.2) is 11.7 Å². The number of nitrogens with one attached hydrogen (secondary N) is 1. The number of halogens is 3. The second kappa shape index (κ2) is 6.18. The van der Waals surface area contributed by atoms with Crippen LogP contribution in [0.4, 0.5) is 19.0 Å². The Kier molecular flexibility index (Phi) is 4.21. The van der Waals surface area contributed by atoms with E-state index in [1.165, 1.54) is 6.07 Å². The fourth-order valence-corrected chi connectivity index (χ4v) is 2.78. The first-order valence-electron chi connectivity index (χ1n) is 7.55. The zero-order valence-electron chi connectivity index (χ0n) is 12.9. The van der Waals surface area contributed by atoms with Gasteiger partial charge in [0.1, 0.15) is 5.82 Å². The molecule has 0 amide bonds. The molecule has 0 spiro atoms. The first-order valence-corrected chi connectivity index (χ1v) is 7.55. The highest BCUT2D eigenvalue weighted by molar-refractivity contribution is 5.88. The van der Waals surface area contributed by atoms with Crippen LogP contribution in [0.3, 0.4) is 0 Å². The average molecular weight is 339 g/mol. The lowest BCUT2D eigenvalue weighted by Gasteiger charge is -2.33. The zero-order valence-corrected chi connectivity index (χ0v) is 12.9. The molecule has 1 aromatic heterocycles. The van der Waals surface area contributed by atoms with Crippen molar-refractivity contribution in [2.45, 2.75) is 31.6 Å². The van der Waals surface area contributed by atoms with Crippen molar-refractivity contribution in [2.75, 3.05) is 11.9 Å². The summed E-state index contributed by atoms with van der Waals surface area (Å²) in [6, 6.07) is 7.86. The summed E-state index contributed by atoms with van der Waals surface area (Å²) in [6.45, 7) is 1.75. The summed E-state index contributed by atoms with van der Waals surface area (Å²) < 4.78 is 46.0. The van der Waals surface area contributed by atoms with Gasteiger partial charge in [0, 0.05) is 12.5 Å². The Hall–Kier alpha value is -2.51. The standard InChI is InChI=1S/C16H16F3N3O2/c1-2-24-15(23)12-9-14-20-11(10-6-4-3-5-7-10)8-13(16(17,18)19)22(14)21-12/h3-7,9,11,13,20H,2,8H2,1H3/t11-,13-/m1/s1. The molecule has 0 radical (unpaired) electrons. The van der Waals surface area contributed by atoms with E-state index in [0.29, 0.717) is 0 Å². The molecule has 0 saturated heterocycles. The molecule has 8 heteroatoms. The van der Waals surface area contributed by atoms with Crippen LogP contribution in [0.5, 0.6) is 0 Å². The maximum atomic E-state index is 13.5. The lowest BCUT2D eigenvalue weighted by molar-refractivity contribution is -0.173. The molecule has 2 atom stereocenters. The first kappa shape index (κ1) is 16.4. The minimum absolute atomic E-state index is 0.129. The van der Waals surface area contributed by atoms with Crippen LogP contribution in [0.25, 0.3) is 0 Å². The van der Waals surface area contributed by atoms with Crippen LogP contribution in [0, 0.1) is 0 Å². The number of ether oxygens (including phenoxy) is 1. The predicted octanol–water partition coefficient (Wildman–Crippen LogP) is 3.72. The highest BCUT2D eigenvalue weighted by Crippen LogP contribution is 2.43. The molecule has 1 aliphatic rings. The molecule has 3 rings (SSSR count). The lowest BCUT2D eigenvalue weighted by Crippen LogP contribution is -2.35. The van der Waals surface area contributed by atoms with E-state index in [9.17, 15) is 18.0 Å². The molecule has 2 aromatic rings. The second-order valence-electron chi connectivity index (χ2n) is 5.48. The topological polar surface area (TPSA) is 56.2 Å². The van der Waals surface area contributed by atoms with Crippen LogP contribution >= 0.6 is 0 Å². The van der Waals surface area contributed by atoms with Crippen LogP contribution in [-0.2, 0) is 4.74 Å². The van der Waals surface area contributed by atoms with Crippen molar-refractivity contribution < 1.29 is 22.7 Å². The number of esters is 1. The summed E-state index contributed by atoms with van der Waals surface area (Å²) in [7, 11) is 0. The van der Waals surface area contributed by atoms with Crippen LogP contribution in [0.15, 0.2) is 36.4 Å². The third-order valence-electron chi connectivity index (χ3n) is 3.88. The van der Waals surface area contributed by atoms with Crippen molar-refractivity contribution in [3.63, 3.8) is 0 Å². The van der Waals surface area contributed by atoms with Crippen molar-refractivity contribution in [1.82, 2.24) is 9.78 Å². The van der Waals surface area contributed by atoms with Crippen molar-refractivity contribution in [3.05, 3.63) is 47.7 Å². The Morgan fingerprint density at radius 2 is 2.08 bits per heavy atom. The largest absolute Gasteiger partial charge is 0.461 e. The maximum absolute atomic E-state index is 13.5. The van der Waals surface area contributed by atoms with E-state index in [-0.39, 0.29) is 24.5 Å².